The number of anilines is 1. The molecule has 1 aromatic carbocycles. The number of aromatic amines is 1. The Morgan fingerprint density at radius 1 is 1.25 bits per heavy atom. The van der Waals surface area contributed by atoms with Gasteiger partial charge in [-0.15, -0.1) is 10.2 Å². The monoisotopic (exact) mass is 322 g/mol. The van der Waals surface area contributed by atoms with Crippen molar-refractivity contribution in [2.75, 3.05) is 5.32 Å². The normalized spacial score (nSPS) is 11.9. The maximum absolute atomic E-state index is 12.8. The van der Waals surface area contributed by atoms with Crippen LogP contribution in [0.25, 0.3) is 0 Å². The standard InChI is InChI=1S/C17H18N6O/c1-2-13-7-3-4-8-15(13)19-17(24)14(16-20-22-23-21-16)10-12-6-5-9-18-11-12/h3-9,11,14H,2,10H2,1H3,(H,19,24)(H,20,21,22,23). The first-order valence-electron chi connectivity index (χ1n) is 7.79. The highest BCUT2D eigenvalue weighted by atomic mass is 16.1. The number of nitrogens with zero attached hydrogens (tertiary/aromatic N) is 4. The van der Waals surface area contributed by atoms with Gasteiger partial charge in [0.05, 0.1) is 0 Å². The Morgan fingerprint density at radius 2 is 2.12 bits per heavy atom. The van der Waals surface area contributed by atoms with E-state index >= 15 is 0 Å². The fourth-order valence-electron chi connectivity index (χ4n) is 2.54. The van der Waals surface area contributed by atoms with E-state index in [1.165, 1.54) is 0 Å². The average molecular weight is 322 g/mol. The van der Waals surface area contributed by atoms with Gasteiger partial charge in [-0.3, -0.25) is 9.78 Å². The molecule has 0 radical (unpaired) electrons. The summed E-state index contributed by atoms with van der Waals surface area (Å²) in [6.45, 7) is 2.05. The SMILES string of the molecule is CCc1ccccc1NC(=O)C(Cc1cccnc1)c1nn[nH]n1. The number of carbonyl (C=O) groups excluding carboxylic acids is 1. The number of aryl methyl sites for hydroxylation is 1. The van der Waals surface area contributed by atoms with Gasteiger partial charge in [0, 0.05) is 18.1 Å². The van der Waals surface area contributed by atoms with Crippen molar-refractivity contribution in [2.24, 2.45) is 0 Å². The van der Waals surface area contributed by atoms with Crippen LogP contribution in [-0.2, 0) is 17.6 Å². The molecule has 0 aliphatic rings. The molecule has 7 nitrogen and oxygen atoms in total. The van der Waals surface area contributed by atoms with Crippen LogP contribution in [0.4, 0.5) is 5.69 Å². The highest BCUT2D eigenvalue weighted by molar-refractivity contribution is 5.96. The minimum Gasteiger partial charge on any atom is -0.325 e. The third kappa shape index (κ3) is 3.62. The summed E-state index contributed by atoms with van der Waals surface area (Å²) in [5, 5.41) is 17.0. The second-order valence-corrected chi connectivity index (χ2v) is 5.39. The summed E-state index contributed by atoms with van der Waals surface area (Å²) in [6.07, 6.45) is 4.73. The summed E-state index contributed by atoms with van der Waals surface area (Å²) < 4.78 is 0. The average Bonchev–Trinajstić information content (AvgIpc) is 3.15. The molecule has 0 fully saturated rings. The Morgan fingerprint density at radius 3 is 2.83 bits per heavy atom. The van der Waals surface area contributed by atoms with Crippen molar-refractivity contribution in [2.45, 2.75) is 25.7 Å². The van der Waals surface area contributed by atoms with Gasteiger partial charge in [-0.1, -0.05) is 36.4 Å². The lowest BCUT2D eigenvalue weighted by Gasteiger charge is -2.15. The number of rotatable bonds is 6. The molecule has 1 amide bonds. The first kappa shape index (κ1) is 15.8. The number of benzene rings is 1. The summed E-state index contributed by atoms with van der Waals surface area (Å²) in [6, 6.07) is 11.5. The van der Waals surface area contributed by atoms with E-state index in [-0.39, 0.29) is 5.91 Å². The topological polar surface area (TPSA) is 96.5 Å². The maximum atomic E-state index is 12.8. The predicted octanol–water partition coefficient (Wildman–Crippen LogP) is 2.12. The van der Waals surface area contributed by atoms with Gasteiger partial charge in [-0.25, -0.2) is 0 Å². The Balaban J connectivity index is 1.84. The predicted molar refractivity (Wildman–Crippen MR) is 89.3 cm³/mol. The van der Waals surface area contributed by atoms with E-state index in [0.29, 0.717) is 12.2 Å². The molecule has 0 aliphatic carbocycles. The number of hydrogen-bond donors (Lipinski definition) is 2. The van der Waals surface area contributed by atoms with Gasteiger partial charge in [0.2, 0.25) is 5.91 Å². The van der Waals surface area contributed by atoms with Crippen LogP contribution in [0.2, 0.25) is 0 Å². The summed E-state index contributed by atoms with van der Waals surface area (Å²) in [5.41, 5.74) is 2.83. The van der Waals surface area contributed by atoms with E-state index in [0.717, 1.165) is 23.2 Å². The van der Waals surface area contributed by atoms with Crippen molar-refractivity contribution >= 4 is 11.6 Å². The van der Waals surface area contributed by atoms with Crippen LogP contribution in [0.3, 0.4) is 0 Å². The molecular weight excluding hydrogens is 304 g/mol. The largest absolute Gasteiger partial charge is 0.325 e. The molecule has 0 spiro atoms. The molecule has 24 heavy (non-hydrogen) atoms. The molecule has 0 aliphatic heterocycles. The molecule has 2 N–H and O–H groups in total. The Bertz CT molecular complexity index is 788. The van der Waals surface area contributed by atoms with E-state index in [9.17, 15) is 4.79 Å². The van der Waals surface area contributed by atoms with Gasteiger partial charge in [-0.05, 0) is 36.1 Å². The fourth-order valence-corrected chi connectivity index (χ4v) is 2.54. The van der Waals surface area contributed by atoms with E-state index in [2.05, 4.69) is 37.8 Å². The van der Waals surface area contributed by atoms with Gasteiger partial charge in [0.25, 0.3) is 0 Å². The molecule has 122 valence electrons. The molecule has 3 aromatic rings. The van der Waals surface area contributed by atoms with Gasteiger partial charge < -0.3 is 5.32 Å². The molecule has 1 atom stereocenters. The second kappa shape index (κ2) is 7.45. The first-order chi connectivity index (χ1) is 11.8. The molecule has 2 aromatic heterocycles. The number of H-pyrrole nitrogens is 1. The summed E-state index contributed by atoms with van der Waals surface area (Å²) in [4.78, 5) is 16.9. The van der Waals surface area contributed by atoms with Crippen molar-refractivity contribution in [3.8, 4) is 0 Å². The van der Waals surface area contributed by atoms with Crippen LogP contribution in [-0.4, -0.2) is 31.5 Å². The van der Waals surface area contributed by atoms with Crippen molar-refractivity contribution in [1.29, 1.82) is 0 Å². The fraction of sp³-hybridized carbons (Fsp3) is 0.235. The number of hydrogen-bond acceptors (Lipinski definition) is 5. The lowest BCUT2D eigenvalue weighted by molar-refractivity contribution is -0.117. The van der Waals surface area contributed by atoms with Crippen LogP contribution in [0.1, 0.15) is 29.8 Å². The highest BCUT2D eigenvalue weighted by Gasteiger charge is 2.26. The number of carbonyl (C=O) groups is 1. The number of pyridine rings is 1. The quantitative estimate of drug-likeness (QED) is 0.724. The van der Waals surface area contributed by atoms with Crippen LogP contribution in [0.5, 0.6) is 0 Å². The Kier molecular flexibility index (Phi) is 4.90. The van der Waals surface area contributed by atoms with Gasteiger partial charge in [-0.2, -0.15) is 5.21 Å². The Labute approximate surface area is 139 Å². The first-order valence-corrected chi connectivity index (χ1v) is 7.79. The van der Waals surface area contributed by atoms with E-state index in [1.807, 2.05) is 36.4 Å². The van der Waals surface area contributed by atoms with E-state index < -0.39 is 5.92 Å². The van der Waals surface area contributed by atoms with Gasteiger partial charge >= 0.3 is 0 Å². The Hall–Kier alpha value is -3.09. The molecule has 7 heteroatoms. The van der Waals surface area contributed by atoms with Crippen molar-refractivity contribution in [3.05, 3.63) is 65.7 Å². The number of tetrazole rings is 1. The molecule has 1 unspecified atom stereocenters. The third-order valence-electron chi connectivity index (χ3n) is 3.81. The third-order valence-corrected chi connectivity index (χ3v) is 3.81. The molecular formula is C17H18N6O. The lowest BCUT2D eigenvalue weighted by Crippen LogP contribution is -2.24. The van der Waals surface area contributed by atoms with Crippen LogP contribution in [0, 0.1) is 0 Å². The maximum Gasteiger partial charge on any atom is 0.235 e. The van der Waals surface area contributed by atoms with Crippen molar-refractivity contribution < 1.29 is 4.79 Å². The zero-order chi connectivity index (χ0) is 16.8. The molecule has 0 bridgehead atoms. The van der Waals surface area contributed by atoms with Gasteiger partial charge in [0.1, 0.15) is 5.92 Å². The van der Waals surface area contributed by atoms with Crippen molar-refractivity contribution in [1.82, 2.24) is 25.6 Å². The number of nitrogens with one attached hydrogen (secondary N) is 2. The summed E-state index contributed by atoms with van der Waals surface area (Å²) in [7, 11) is 0. The van der Waals surface area contributed by atoms with Crippen molar-refractivity contribution in [3.63, 3.8) is 0 Å². The molecule has 2 heterocycles. The highest BCUT2D eigenvalue weighted by Crippen LogP contribution is 2.21. The zero-order valence-electron chi connectivity index (χ0n) is 13.3. The summed E-state index contributed by atoms with van der Waals surface area (Å²) >= 11 is 0. The second-order valence-electron chi connectivity index (χ2n) is 5.39. The number of aromatic nitrogens is 5. The summed E-state index contributed by atoms with van der Waals surface area (Å²) in [5.74, 6) is -0.343. The molecule has 0 saturated carbocycles. The lowest BCUT2D eigenvalue weighted by atomic mass is 9.98. The molecule has 0 saturated heterocycles. The van der Waals surface area contributed by atoms with E-state index in [4.69, 9.17) is 0 Å². The minimum absolute atomic E-state index is 0.166. The van der Waals surface area contributed by atoms with Crippen LogP contribution < -0.4 is 5.32 Å². The number of para-hydroxylation sites is 1. The number of amides is 1. The van der Waals surface area contributed by atoms with Crippen LogP contribution >= 0.6 is 0 Å². The van der Waals surface area contributed by atoms with Gasteiger partial charge in [0.15, 0.2) is 5.82 Å². The minimum atomic E-state index is -0.544. The van der Waals surface area contributed by atoms with E-state index in [1.54, 1.807) is 12.4 Å². The van der Waals surface area contributed by atoms with Crippen LogP contribution in [0.15, 0.2) is 48.8 Å². The zero-order valence-corrected chi connectivity index (χ0v) is 13.3. The smallest absolute Gasteiger partial charge is 0.235 e. The molecule has 3 rings (SSSR count).